The maximum Gasteiger partial charge on any atom is 0.220 e. The number of amides is 1. The van der Waals surface area contributed by atoms with Crippen LogP contribution in [0.4, 0.5) is 0 Å². The average Bonchev–Trinajstić information content (AvgIpc) is 2.39. The molecule has 0 spiro atoms. The predicted octanol–water partition coefficient (Wildman–Crippen LogP) is 2.22. The number of hydrogen-bond donors (Lipinski definition) is 2. The fourth-order valence-electron chi connectivity index (χ4n) is 3.05. The van der Waals surface area contributed by atoms with Gasteiger partial charge in [-0.05, 0) is 51.1 Å². The van der Waals surface area contributed by atoms with Crippen molar-refractivity contribution in [3.05, 3.63) is 0 Å². The topological polar surface area (TPSA) is 41.1 Å². The van der Waals surface area contributed by atoms with Crippen molar-refractivity contribution in [3.8, 4) is 0 Å². The molecule has 98 valence electrons. The minimum Gasteiger partial charge on any atom is -0.353 e. The van der Waals surface area contributed by atoms with Crippen molar-refractivity contribution in [2.24, 2.45) is 5.92 Å². The minimum absolute atomic E-state index is 0.280. The normalized spacial score (nSPS) is 26.7. The van der Waals surface area contributed by atoms with Crippen LogP contribution in [0.15, 0.2) is 0 Å². The Morgan fingerprint density at radius 3 is 2.65 bits per heavy atom. The fraction of sp³-hybridized carbons (Fsp3) is 0.929. The molecule has 0 radical (unpaired) electrons. The lowest BCUT2D eigenvalue weighted by Gasteiger charge is -2.24. The molecular weight excluding hydrogens is 212 g/mol. The first-order valence-corrected chi connectivity index (χ1v) is 7.34. The number of carbonyl (C=O) groups excluding carboxylic acids is 1. The van der Waals surface area contributed by atoms with Crippen LogP contribution in [-0.2, 0) is 4.79 Å². The maximum atomic E-state index is 11.8. The second kappa shape index (κ2) is 7.00. The number of carbonyl (C=O) groups is 1. The fourth-order valence-corrected chi connectivity index (χ4v) is 3.05. The van der Waals surface area contributed by atoms with Crippen LogP contribution in [0.2, 0.25) is 0 Å². The van der Waals surface area contributed by atoms with Crippen molar-refractivity contribution < 1.29 is 4.79 Å². The van der Waals surface area contributed by atoms with Gasteiger partial charge < -0.3 is 10.6 Å². The first kappa shape index (κ1) is 12.9. The van der Waals surface area contributed by atoms with Gasteiger partial charge in [0.05, 0.1) is 0 Å². The lowest BCUT2D eigenvalue weighted by Crippen LogP contribution is -2.37. The SMILES string of the molecule is O=C(CCC1CCCNC1)NC1CCCCC1. The summed E-state index contributed by atoms with van der Waals surface area (Å²) in [5, 5.41) is 6.61. The first-order valence-electron chi connectivity index (χ1n) is 7.34. The van der Waals surface area contributed by atoms with Gasteiger partial charge in [-0.2, -0.15) is 0 Å². The van der Waals surface area contributed by atoms with Crippen molar-refractivity contribution in [1.29, 1.82) is 0 Å². The van der Waals surface area contributed by atoms with Gasteiger partial charge in [-0.15, -0.1) is 0 Å². The Hall–Kier alpha value is -0.570. The average molecular weight is 238 g/mol. The molecule has 3 nitrogen and oxygen atoms in total. The molecule has 1 aliphatic carbocycles. The van der Waals surface area contributed by atoms with Gasteiger partial charge in [0.15, 0.2) is 0 Å². The summed E-state index contributed by atoms with van der Waals surface area (Å²) < 4.78 is 0. The van der Waals surface area contributed by atoms with Gasteiger partial charge in [0, 0.05) is 12.5 Å². The van der Waals surface area contributed by atoms with Gasteiger partial charge >= 0.3 is 0 Å². The van der Waals surface area contributed by atoms with Gasteiger partial charge in [0.25, 0.3) is 0 Å². The second-order valence-electron chi connectivity index (χ2n) is 5.65. The lowest BCUT2D eigenvalue weighted by molar-refractivity contribution is -0.122. The Morgan fingerprint density at radius 1 is 1.12 bits per heavy atom. The van der Waals surface area contributed by atoms with Crippen LogP contribution in [0.25, 0.3) is 0 Å². The van der Waals surface area contributed by atoms with Crippen LogP contribution < -0.4 is 10.6 Å². The smallest absolute Gasteiger partial charge is 0.220 e. The Balaban J connectivity index is 1.59. The molecule has 2 fully saturated rings. The van der Waals surface area contributed by atoms with Gasteiger partial charge in [0.1, 0.15) is 0 Å². The molecule has 1 saturated heterocycles. The van der Waals surface area contributed by atoms with Crippen LogP contribution in [0.5, 0.6) is 0 Å². The van der Waals surface area contributed by atoms with E-state index in [1.165, 1.54) is 44.9 Å². The quantitative estimate of drug-likeness (QED) is 0.788. The Labute approximate surface area is 105 Å². The monoisotopic (exact) mass is 238 g/mol. The zero-order chi connectivity index (χ0) is 11.9. The first-order chi connectivity index (χ1) is 8.34. The Morgan fingerprint density at radius 2 is 1.94 bits per heavy atom. The summed E-state index contributed by atoms with van der Waals surface area (Å²) >= 11 is 0. The molecule has 2 N–H and O–H groups in total. The van der Waals surface area contributed by atoms with E-state index in [9.17, 15) is 4.79 Å². The summed E-state index contributed by atoms with van der Waals surface area (Å²) in [6, 6.07) is 0.473. The molecule has 1 heterocycles. The molecule has 1 atom stereocenters. The van der Waals surface area contributed by atoms with Crippen molar-refractivity contribution >= 4 is 5.91 Å². The summed E-state index contributed by atoms with van der Waals surface area (Å²) in [7, 11) is 0. The lowest BCUT2D eigenvalue weighted by atomic mass is 9.93. The number of nitrogens with one attached hydrogen (secondary N) is 2. The summed E-state index contributed by atoms with van der Waals surface area (Å²) in [4.78, 5) is 11.8. The van der Waals surface area contributed by atoms with E-state index >= 15 is 0 Å². The van der Waals surface area contributed by atoms with E-state index in [1.807, 2.05) is 0 Å². The minimum atomic E-state index is 0.280. The third-order valence-electron chi connectivity index (χ3n) is 4.15. The van der Waals surface area contributed by atoms with E-state index in [4.69, 9.17) is 0 Å². The van der Waals surface area contributed by atoms with E-state index in [0.717, 1.165) is 31.8 Å². The van der Waals surface area contributed by atoms with E-state index in [1.54, 1.807) is 0 Å². The molecule has 0 aromatic heterocycles. The largest absolute Gasteiger partial charge is 0.353 e. The van der Waals surface area contributed by atoms with Crippen LogP contribution >= 0.6 is 0 Å². The highest BCUT2D eigenvalue weighted by Crippen LogP contribution is 2.19. The molecule has 0 aromatic rings. The molecule has 1 aliphatic heterocycles. The molecule has 2 aliphatic rings. The molecule has 0 aromatic carbocycles. The summed E-state index contributed by atoms with van der Waals surface area (Å²) in [6.07, 6.45) is 10.7. The van der Waals surface area contributed by atoms with E-state index in [2.05, 4.69) is 10.6 Å². The molecular formula is C14H26N2O. The van der Waals surface area contributed by atoms with Gasteiger partial charge in [-0.1, -0.05) is 19.3 Å². The van der Waals surface area contributed by atoms with E-state index in [0.29, 0.717) is 6.04 Å². The summed E-state index contributed by atoms with van der Waals surface area (Å²) in [6.45, 7) is 2.27. The van der Waals surface area contributed by atoms with Crippen LogP contribution in [0.3, 0.4) is 0 Å². The van der Waals surface area contributed by atoms with Crippen LogP contribution in [-0.4, -0.2) is 25.0 Å². The zero-order valence-corrected chi connectivity index (χ0v) is 10.8. The molecule has 1 saturated carbocycles. The molecule has 0 bridgehead atoms. The zero-order valence-electron chi connectivity index (χ0n) is 10.8. The van der Waals surface area contributed by atoms with E-state index < -0.39 is 0 Å². The van der Waals surface area contributed by atoms with Gasteiger partial charge in [0.2, 0.25) is 5.91 Å². The van der Waals surface area contributed by atoms with Crippen molar-refractivity contribution in [1.82, 2.24) is 10.6 Å². The predicted molar refractivity (Wildman–Crippen MR) is 69.8 cm³/mol. The molecule has 1 unspecified atom stereocenters. The van der Waals surface area contributed by atoms with Crippen LogP contribution in [0.1, 0.15) is 57.8 Å². The highest BCUT2D eigenvalue weighted by molar-refractivity contribution is 5.76. The number of piperidine rings is 1. The maximum absolute atomic E-state index is 11.8. The van der Waals surface area contributed by atoms with E-state index in [-0.39, 0.29) is 5.91 Å². The Kier molecular flexibility index (Phi) is 5.30. The standard InChI is InChI=1S/C14H26N2O/c17-14(16-13-6-2-1-3-7-13)9-8-12-5-4-10-15-11-12/h12-13,15H,1-11H2,(H,16,17). The van der Waals surface area contributed by atoms with Crippen molar-refractivity contribution in [2.45, 2.75) is 63.8 Å². The summed E-state index contributed by atoms with van der Waals surface area (Å²) in [5.74, 6) is 1.00. The number of rotatable bonds is 4. The van der Waals surface area contributed by atoms with Crippen LogP contribution in [0, 0.1) is 5.92 Å². The summed E-state index contributed by atoms with van der Waals surface area (Å²) in [5.41, 5.74) is 0. The molecule has 2 rings (SSSR count). The van der Waals surface area contributed by atoms with Gasteiger partial charge in [-0.3, -0.25) is 4.79 Å². The second-order valence-corrected chi connectivity index (χ2v) is 5.65. The van der Waals surface area contributed by atoms with Gasteiger partial charge in [-0.25, -0.2) is 0 Å². The van der Waals surface area contributed by atoms with Crippen molar-refractivity contribution in [3.63, 3.8) is 0 Å². The Bertz CT molecular complexity index is 230. The highest BCUT2D eigenvalue weighted by atomic mass is 16.1. The third kappa shape index (κ3) is 4.66. The molecule has 1 amide bonds. The molecule has 17 heavy (non-hydrogen) atoms. The van der Waals surface area contributed by atoms with Crippen molar-refractivity contribution in [2.75, 3.05) is 13.1 Å². The molecule has 3 heteroatoms. The third-order valence-corrected chi connectivity index (χ3v) is 4.15. The highest BCUT2D eigenvalue weighted by Gasteiger charge is 2.17. The number of hydrogen-bond acceptors (Lipinski definition) is 2.